The standard InChI is InChI=1S/C22H20ClNO2S/c1-25-16-6-7-19-21(13-16)24-9-8-22(19)26-17-5-4-15(20(23)12-17)11-18(27)10-14-2-3-14/h4-9,12-14H,2-3,10-11H2,1H3. The minimum atomic E-state index is 0.686. The number of nitrogens with zero attached hydrogens (tertiary/aromatic N) is 1. The zero-order chi connectivity index (χ0) is 18.8. The molecule has 1 fully saturated rings. The highest BCUT2D eigenvalue weighted by Crippen LogP contribution is 2.35. The van der Waals surface area contributed by atoms with Crippen LogP contribution in [0.15, 0.2) is 48.7 Å². The molecule has 0 unspecified atom stereocenters. The summed E-state index contributed by atoms with van der Waals surface area (Å²) in [5, 5.41) is 1.61. The molecular weight excluding hydrogens is 378 g/mol. The number of methoxy groups -OCH3 is 1. The van der Waals surface area contributed by atoms with Crippen molar-refractivity contribution in [2.75, 3.05) is 7.11 Å². The largest absolute Gasteiger partial charge is 0.497 e. The molecule has 0 spiro atoms. The van der Waals surface area contributed by atoms with Crippen molar-refractivity contribution in [3.05, 3.63) is 59.2 Å². The zero-order valence-electron chi connectivity index (χ0n) is 15.1. The van der Waals surface area contributed by atoms with Gasteiger partial charge in [-0.15, -0.1) is 0 Å². The third-order valence-corrected chi connectivity index (χ3v) is 5.43. The number of hydrogen-bond donors (Lipinski definition) is 0. The highest BCUT2D eigenvalue weighted by molar-refractivity contribution is 7.80. The zero-order valence-corrected chi connectivity index (χ0v) is 16.6. The predicted molar refractivity (Wildman–Crippen MR) is 113 cm³/mol. The van der Waals surface area contributed by atoms with Crippen LogP contribution in [-0.4, -0.2) is 17.0 Å². The van der Waals surface area contributed by atoms with E-state index in [-0.39, 0.29) is 0 Å². The first-order valence-electron chi connectivity index (χ1n) is 9.03. The second kappa shape index (κ2) is 7.83. The molecule has 27 heavy (non-hydrogen) atoms. The Morgan fingerprint density at radius 3 is 2.70 bits per heavy atom. The Kier molecular flexibility index (Phi) is 5.28. The van der Waals surface area contributed by atoms with E-state index >= 15 is 0 Å². The molecule has 138 valence electrons. The molecule has 0 amide bonds. The van der Waals surface area contributed by atoms with Crippen LogP contribution in [0.5, 0.6) is 17.2 Å². The van der Waals surface area contributed by atoms with Gasteiger partial charge in [-0.3, -0.25) is 4.98 Å². The molecule has 0 saturated heterocycles. The van der Waals surface area contributed by atoms with Crippen molar-refractivity contribution >= 4 is 39.6 Å². The van der Waals surface area contributed by atoms with Crippen LogP contribution in [-0.2, 0) is 6.42 Å². The molecule has 2 aromatic carbocycles. The quantitative estimate of drug-likeness (QED) is 0.431. The van der Waals surface area contributed by atoms with Gasteiger partial charge in [-0.1, -0.05) is 29.9 Å². The molecule has 0 bridgehead atoms. The second-order valence-corrected chi connectivity index (χ2v) is 7.89. The SMILES string of the molecule is COc1ccc2c(Oc3ccc(CC(=S)CC4CC4)c(Cl)c3)ccnc2c1. The molecule has 3 nitrogen and oxygen atoms in total. The maximum Gasteiger partial charge on any atom is 0.138 e. The van der Waals surface area contributed by atoms with Crippen molar-refractivity contribution in [3.8, 4) is 17.2 Å². The van der Waals surface area contributed by atoms with Gasteiger partial charge < -0.3 is 9.47 Å². The third-order valence-electron chi connectivity index (χ3n) is 4.76. The smallest absolute Gasteiger partial charge is 0.138 e. The fourth-order valence-corrected chi connectivity index (χ4v) is 3.74. The Balaban J connectivity index is 1.53. The van der Waals surface area contributed by atoms with E-state index in [2.05, 4.69) is 4.98 Å². The molecular formula is C22H20ClNO2S. The number of aromatic nitrogens is 1. The average molecular weight is 398 g/mol. The van der Waals surface area contributed by atoms with Gasteiger partial charge in [0.1, 0.15) is 17.2 Å². The lowest BCUT2D eigenvalue weighted by Crippen LogP contribution is -2.01. The molecule has 4 rings (SSSR count). The van der Waals surface area contributed by atoms with Crippen LogP contribution in [0, 0.1) is 5.92 Å². The maximum absolute atomic E-state index is 6.48. The highest BCUT2D eigenvalue weighted by atomic mass is 35.5. The summed E-state index contributed by atoms with van der Waals surface area (Å²) >= 11 is 12.0. The molecule has 1 aromatic heterocycles. The molecule has 0 radical (unpaired) electrons. The van der Waals surface area contributed by atoms with Crippen molar-refractivity contribution in [2.45, 2.75) is 25.7 Å². The number of rotatable bonds is 7. The number of benzene rings is 2. The summed E-state index contributed by atoms with van der Waals surface area (Å²) in [4.78, 5) is 5.47. The normalized spacial score (nSPS) is 13.6. The Morgan fingerprint density at radius 1 is 1.15 bits per heavy atom. The van der Waals surface area contributed by atoms with E-state index in [1.165, 1.54) is 12.8 Å². The number of fused-ring (bicyclic) bond motifs is 1. The topological polar surface area (TPSA) is 31.4 Å². The van der Waals surface area contributed by atoms with Gasteiger partial charge in [0.05, 0.1) is 12.6 Å². The van der Waals surface area contributed by atoms with Crippen LogP contribution in [0.1, 0.15) is 24.8 Å². The van der Waals surface area contributed by atoms with Crippen LogP contribution < -0.4 is 9.47 Å². The van der Waals surface area contributed by atoms with Gasteiger partial charge in [0.25, 0.3) is 0 Å². The first-order chi connectivity index (χ1) is 13.1. The highest BCUT2D eigenvalue weighted by Gasteiger charge is 2.22. The monoisotopic (exact) mass is 397 g/mol. The molecule has 1 saturated carbocycles. The van der Waals surface area contributed by atoms with Crippen LogP contribution >= 0.6 is 23.8 Å². The predicted octanol–water partition coefficient (Wildman–Crippen LogP) is 6.40. The van der Waals surface area contributed by atoms with Gasteiger partial charge >= 0.3 is 0 Å². The van der Waals surface area contributed by atoms with Gasteiger partial charge in [0.15, 0.2) is 0 Å². The number of thiocarbonyl (C=S) groups is 1. The van der Waals surface area contributed by atoms with Crippen molar-refractivity contribution < 1.29 is 9.47 Å². The summed E-state index contributed by atoms with van der Waals surface area (Å²) in [5.41, 5.74) is 1.87. The Bertz CT molecular complexity index is 1000. The van der Waals surface area contributed by atoms with E-state index in [0.29, 0.717) is 10.8 Å². The first kappa shape index (κ1) is 18.2. The molecule has 1 heterocycles. The van der Waals surface area contributed by atoms with Gasteiger partial charge in [-0.2, -0.15) is 0 Å². The minimum Gasteiger partial charge on any atom is -0.497 e. The number of halogens is 1. The van der Waals surface area contributed by atoms with Crippen molar-refractivity contribution in [1.29, 1.82) is 0 Å². The third kappa shape index (κ3) is 4.40. The average Bonchev–Trinajstić information content (AvgIpc) is 3.47. The van der Waals surface area contributed by atoms with E-state index in [1.54, 1.807) is 13.3 Å². The first-order valence-corrected chi connectivity index (χ1v) is 9.82. The number of ether oxygens (including phenoxy) is 2. The van der Waals surface area contributed by atoms with Gasteiger partial charge in [-0.05, 0) is 65.9 Å². The lowest BCUT2D eigenvalue weighted by atomic mass is 10.1. The van der Waals surface area contributed by atoms with Crippen LogP contribution in [0.3, 0.4) is 0 Å². The van der Waals surface area contributed by atoms with Gasteiger partial charge in [0.2, 0.25) is 0 Å². The minimum absolute atomic E-state index is 0.686. The van der Waals surface area contributed by atoms with Crippen molar-refractivity contribution in [2.24, 2.45) is 5.92 Å². The lowest BCUT2D eigenvalue weighted by Gasteiger charge is -2.11. The Hall–Kier alpha value is -2.17. The van der Waals surface area contributed by atoms with Crippen LogP contribution in [0.25, 0.3) is 10.9 Å². The summed E-state index contributed by atoms with van der Waals surface area (Å²) < 4.78 is 11.3. The van der Waals surface area contributed by atoms with Crippen molar-refractivity contribution in [3.63, 3.8) is 0 Å². The number of pyridine rings is 1. The molecule has 1 aliphatic rings. The van der Waals surface area contributed by atoms with E-state index in [1.807, 2.05) is 42.5 Å². The Labute approximate surface area is 169 Å². The number of hydrogen-bond acceptors (Lipinski definition) is 4. The van der Waals surface area contributed by atoms with Crippen LogP contribution in [0.4, 0.5) is 0 Å². The fourth-order valence-electron chi connectivity index (χ4n) is 3.11. The summed E-state index contributed by atoms with van der Waals surface area (Å²) in [6.07, 6.45) is 6.14. The summed E-state index contributed by atoms with van der Waals surface area (Å²) in [6.45, 7) is 0. The maximum atomic E-state index is 6.48. The molecule has 0 N–H and O–H groups in total. The fraction of sp³-hybridized carbons (Fsp3) is 0.273. The molecule has 1 aliphatic carbocycles. The van der Waals surface area contributed by atoms with E-state index in [4.69, 9.17) is 33.3 Å². The van der Waals surface area contributed by atoms with E-state index < -0.39 is 0 Å². The molecule has 0 atom stereocenters. The summed E-state index contributed by atoms with van der Waals surface area (Å²) in [6, 6.07) is 13.4. The molecule has 3 aromatic rings. The van der Waals surface area contributed by atoms with Crippen LogP contribution in [0.2, 0.25) is 5.02 Å². The Morgan fingerprint density at radius 2 is 1.96 bits per heavy atom. The summed E-state index contributed by atoms with van der Waals surface area (Å²) in [5.74, 6) is 3.00. The molecule has 0 aliphatic heterocycles. The van der Waals surface area contributed by atoms with Crippen molar-refractivity contribution in [1.82, 2.24) is 4.98 Å². The van der Waals surface area contributed by atoms with E-state index in [0.717, 1.165) is 51.6 Å². The van der Waals surface area contributed by atoms with Gasteiger partial charge in [-0.25, -0.2) is 0 Å². The lowest BCUT2D eigenvalue weighted by molar-refractivity contribution is 0.415. The van der Waals surface area contributed by atoms with Gasteiger partial charge in [0, 0.05) is 29.1 Å². The van der Waals surface area contributed by atoms with E-state index in [9.17, 15) is 0 Å². The molecule has 5 heteroatoms. The second-order valence-electron chi connectivity index (χ2n) is 6.91. The summed E-state index contributed by atoms with van der Waals surface area (Å²) in [7, 11) is 1.64.